The minimum absolute atomic E-state index is 0.0377. The summed E-state index contributed by atoms with van der Waals surface area (Å²) in [6.45, 7) is -0.222. The molecule has 0 aliphatic carbocycles. The van der Waals surface area contributed by atoms with Crippen molar-refractivity contribution < 1.29 is 14.7 Å². The zero-order valence-electron chi connectivity index (χ0n) is 15.2. The molecule has 0 atom stereocenters. The molecule has 0 aliphatic rings. The van der Waals surface area contributed by atoms with Crippen molar-refractivity contribution in [1.29, 1.82) is 0 Å². The Morgan fingerprint density at radius 3 is 2.45 bits per heavy atom. The van der Waals surface area contributed by atoms with Crippen molar-refractivity contribution in [3.05, 3.63) is 82.0 Å². The highest BCUT2D eigenvalue weighted by Crippen LogP contribution is 2.32. The number of anilines is 1. The highest BCUT2D eigenvalue weighted by atomic mass is 35.5. The number of pyridine rings is 1. The van der Waals surface area contributed by atoms with Crippen molar-refractivity contribution in [3.8, 4) is 11.3 Å². The summed E-state index contributed by atoms with van der Waals surface area (Å²) in [4.78, 5) is 30.1. The number of halogens is 2. The summed E-state index contributed by atoms with van der Waals surface area (Å²) >= 11 is 12.5. The molecule has 0 aliphatic heterocycles. The third-order valence-electron chi connectivity index (χ3n) is 4.26. The van der Waals surface area contributed by atoms with Crippen LogP contribution in [-0.2, 0) is 0 Å². The molecule has 1 aromatic heterocycles. The van der Waals surface area contributed by atoms with E-state index in [2.05, 4.69) is 4.98 Å². The predicted molar refractivity (Wildman–Crippen MR) is 113 cm³/mol. The molecule has 0 spiro atoms. The number of carbonyl (C=O) groups is 2. The number of nitrogens with two attached hydrogens (primary N) is 1. The van der Waals surface area contributed by atoms with E-state index in [-0.39, 0.29) is 29.3 Å². The molecular weight excluding hydrogens is 413 g/mol. The second kappa shape index (κ2) is 9.05. The Morgan fingerprint density at radius 2 is 1.83 bits per heavy atom. The zero-order chi connectivity index (χ0) is 21.0. The summed E-state index contributed by atoms with van der Waals surface area (Å²) in [5.74, 6) is -1.08. The summed E-state index contributed by atoms with van der Waals surface area (Å²) in [7, 11) is 0. The summed E-state index contributed by atoms with van der Waals surface area (Å²) in [5.41, 5.74) is 7.45. The Balaban J connectivity index is 2.02. The highest BCUT2D eigenvalue weighted by Gasteiger charge is 2.22. The third-order valence-corrected chi connectivity index (χ3v) is 4.90. The molecule has 6 nitrogen and oxygen atoms in total. The first-order chi connectivity index (χ1) is 13.9. The summed E-state index contributed by atoms with van der Waals surface area (Å²) in [6, 6.07) is 14.7. The molecule has 0 fully saturated rings. The van der Waals surface area contributed by atoms with E-state index in [9.17, 15) is 14.7 Å². The molecule has 2 aromatic carbocycles. The lowest BCUT2D eigenvalue weighted by atomic mass is 10.1. The monoisotopic (exact) mass is 429 g/mol. The molecule has 8 heteroatoms. The number of hydrogen-bond donors (Lipinski definition) is 2. The van der Waals surface area contributed by atoms with Gasteiger partial charge in [-0.25, -0.2) is 0 Å². The standard InChI is InChI=1S/C21H17Cl2N3O3/c22-17-7-5-14(12-16(17)19-3-1-2-8-25-19)26(9-10-27)21(29)15-6-4-13(20(24)28)11-18(15)23/h1-8,11-12,27H,9-10H2,(H2,24,28). The molecule has 3 aromatic rings. The van der Waals surface area contributed by atoms with Crippen molar-refractivity contribution in [1.82, 2.24) is 4.98 Å². The van der Waals surface area contributed by atoms with Gasteiger partial charge in [-0.1, -0.05) is 29.3 Å². The molecule has 0 radical (unpaired) electrons. The SMILES string of the molecule is NC(=O)c1ccc(C(=O)N(CCO)c2ccc(Cl)c(-c3ccccn3)c2)c(Cl)c1. The van der Waals surface area contributed by atoms with Crippen molar-refractivity contribution in [2.45, 2.75) is 0 Å². The Kier molecular flexibility index (Phi) is 6.49. The maximum absolute atomic E-state index is 13.1. The molecule has 0 unspecified atom stereocenters. The molecule has 1 heterocycles. The maximum atomic E-state index is 13.1. The predicted octanol–water partition coefficient (Wildman–Crippen LogP) is 3.79. The number of primary amides is 1. The van der Waals surface area contributed by atoms with Crippen molar-refractivity contribution in [2.75, 3.05) is 18.1 Å². The fourth-order valence-electron chi connectivity index (χ4n) is 2.83. The van der Waals surface area contributed by atoms with Crippen LogP contribution in [-0.4, -0.2) is 35.1 Å². The second-order valence-electron chi connectivity index (χ2n) is 6.12. The van der Waals surface area contributed by atoms with Gasteiger partial charge in [0.15, 0.2) is 0 Å². The van der Waals surface area contributed by atoms with Crippen LogP contribution in [0.2, 0.25) is 10.0 Å². The first-order valence-corrected chi connectivity index (χ1v) is 9.41. The summed E-state index contributed by atoms with van der Waals surface area (Å²) < 4.78 is 0. The van der Waals surface area contributed by atoms with E-state index < -0.39 is 11.8 Å². The van der Waals surface area contributed by atoms with Gasteiger partial charge in [-0.15, -0.1) is 0 Å². The Hall–Kier alpha value is -2.93. The van der Waals surface area contributed by atoms with Gasteiger partial charge in [-0.2, -0.15) is 0 Å². The van der Waals surface area contributed by atoms with Gasteiger partial charge in [0.2, 0.25) is 5.91 Å². The fraction of sp³-hybridized carbons (Fsp3) is 0.0952. The molecule has 3 rings (SSSR count). The van der Waals surface area contributed by atoms with Gasteiger partial charge in [0.05, 0.1) is 27.9 Å². The lowest BCUT2D eigenvalue weighted by Gasteiger charge is -2.23. The van der Waals surface area contributed by atoms with E-state index >= 15 is 0 Å². The number of rotatable bonds is 6. The topological polar surface area (TPSA) is 96.5 Å². The highest BCUT2D eigenvalue weighted by molar-refractivity contribution is 6.35. The number of nitrogens with zero attached hydrogens (tertiary/aromatic N) is 2. The summed E-state index contributed by atoms with van der Waals surface area (Å²) in [5, 5.41) is 10.1. The lowest BCUT2D eigenvalue weighted by Crippen LogP contribution is -2.33. The van der Waals surface area contributed by atoms with Crippen molar-refractivity contribution in [2.24, 2.45) is 5.73 Å². The van der Waals surface area contributed by atoms with E-state index in [1.165, 1.54) is 23.1 Å². The van der Waals surface area contributed by atoms with Crippen LogP contribution in [0.25, 0.3) is 11.3 Å². The second-order valence-corrected chi connectivity index (χ2v) is 6.93. The minimum atomic E-state index is -0.643. The number of aliphatic hydroxyl groups is 1. The molecule has 2 amide bonds. The van der Waals surface area contributed by atoms with Crippen LogP contribution in [0.5, 0.6) is 0 Å². The molecule has 3 N–H and O–H groups in total. The quantitative estimate of drug-likeness (QED) is 0.622. The molecule has 0 saturated carbocycles. The van der Waals surface area contributed by atoms with Gasteiger partial charge < -0.3 is 15.7 Å². The molecular formula is C21H17Cl2N3O3. The van der Waals surface area contributed by atoms with Gasteiger partial charge in [0, 0.05) is 29.6 Å². The van der Waals surface area contributed by atoms with E-state index in [0.29, 0.717) is 22.0 Å². The number of aliphatic hydroxyl groups excluding tert-OH is 1. The van der Waals surface area contributed by atoms with Crippen LogP contribution in [0.15, 0.2) is 60.8 Å². The van der Waals surface area contributed by atoms with Gasteiger partial charge in [0.25, 0.3) is 5.91 Å². The zero-order valence-corrected chi connectivity index (χ0v) is 16.7. The number of amides is 2. The van der Waals surface area contributed by atoms with E-state index in [1.54, 1.807) is 30.5 Å². The lowest BCUT2D eigenvalue weighted by molar-refractivity contribution is 0.0976. The number of hydrogen-bond acceptors (Lipinski definition) is 4. The molecule has 148 valence electrons. The van der Waals surface area contributed by atoms with Crippen LogP contribution < -0.4 is 10.6 Å². The van der Waals surface area contributed by atoms with Crippen LogP contribution in [0.3, 0.4) is 0 Å². The number of carbonyl (C=O) groups excluding carboxylic acids is 2. The molecule has 29 heavy (non-hydrogen) atoms. The maximum Gasteiger partial charge on any atom is 0.259 e. The first kappa shape index (κ1) is 20.8. The largest absolute Gasteiger partial charge is 0.395 e. The number of benzene rings is 2. The number of aromatic nitrogens is 1. The average Bonchev–Trinajstić information content (AvgIpc) is 2.72. The molecule has 0 bridgehead atoms. The van der Waals surface area contributed by atoms with Crippen LogP contribution >= 0.6 is 23.2 Å². The van der Waals surface area contributed by atoms with Crippen molar-refractivity contribution >= 4 is 40.7 Å². The van der Waals surface area contributed by atoms with Crippen LogP contribution in [0, 0.1) is 0 Å². The normalized spacial score (nSPS) is 10.6. The first-order valence-electron chi connectivity index (χ1n) is 8.65. The van der Waals surface area contributed by atoms with Crippen LogP contribution in [0.1, 0.15) is 20.7 Å². The van der Waals surface area contributed by atoms with Gasteiger partial charge in [-0.3, -0.25) is 14.6 Å². The average molecular weight is 430 g/mol. The van der Waals surface area contributed by atoms with Crippen LogP contribution in [0.4, 0.5) is 5.69 Å². The third kappa shape index (κ3) is 4.56. The van der Waals surface area contributed by atoms with Gasteiger partial charge in [-0.05, 0) is 48.5 Å². The Bertz CT molecular complexity index is 1060. The Morgan fingerprint density at radius 1 is 1.03 bits per heavy atom. The van der Waals surface area contributed by atoms with E-state index in [1.807, 2.05) is 12.1 Å². The smallest absolute Gasteiger partial charge is 0.259 e. The van der Waals surface area contributed by atoms with Gasteiger partial charge in [0.1, 0.15) is 0 Å². The Labute approximate surface area is 177 Å². The van der Waals surface area contributed by atoms with E-state index in [0.717, 1.165) is 0 Å². The fourth-order valence-corrected chi connectivity index (χ4v) is 3.31. The summed E-state index contributed by atoms with van der Waals surface area (Å²) in [6.07, 6.45) is 1.65. The molecule has 0 saturated heterocycles. The minimum Gasteiger partial charge on any atom is -0.395 e. The van der Waals surface area contributed by atoms with E-state index in [4.69, 9.17) is 28.9 Å². The van der Waals surface area contributed by atoms with Crippen molar-refractivity contribution in [3.63, 3.8) is 0 Å². The van der Waals surface area contributed by atoms with Gasteiger partial charge >= 0.3 is 0 Å².